The van der Waals surface area contributed by atoms with Crippen molar-refractivity contribution in [2.24, 2.45) is 4.99 Å². The van der Waals surface area contributed by atoms with Gasteiger partial charge in [-0.25, -0.2) is 9.38 Å². The molecule has 1 atom stereocenters. The molecule has 194 valence electrons. The van der Waals surface area contributed by atoms with Crippen LogP contribution in [0.25, 0.3) is 11.8 Å². The quantitative estimate of drug-likeness (QED) is 0.304. The Balaban J connectivity index is 1.61. The number of fused-ring (bicyclic) bond motifs is 3. The molecule has 1 aromatic heterocycles. The molecule has 10 nitrogen and oxygen atoms in total. The first-order valence-electron chi connectivity index (χ1n) is 11.8. The minimum Gasteiger partial charge on any atom is -0.497 e. The second-order valence-corrected chi connectivity index (χ2v) is 10.1. The number of thiazole rings is 1. The Morgan fingerprint density at radius 1 is 1.03 bits per heavy atom. The van der Waals surface area contributed by atoms with Crippen LogP contribution < -0.4 is 14.9 Å². The standard InChI is InChI=1S/C27H17FN4O6S/c28-17-8-5-16(6-9-17)24-19-10-7-15-3-1-2-4-18(15)23(19)29-27-30(24)26(34)22(39-27)13-14-11-20(31(35)36)25(33)21(12-14)32(37)38/h1-6,8-9,11-13,24,33H,7,10H2/b22-13-/t24-/m0/s1. The average molecular weight is 545 g/mol. The number of benzene rings is 3. The van der Waals surface area contributed by atoms with Gasteiger partial charge in [0.2, 0.25) is 0 Å². The Labute approximate surface area is 222 Å². The molecule has 1 N–H and O–H groups in total. The first-order valence-corrected chi connectivity index (χ1v) is 12.6. The van der Waals surface area contributed by atoms with Crippen molar-refractivity contribution in [1.82, 2.24) is 4.57 Å². The number of aryl methyl sites for hydroxylation is 1. The van der Waals surface area contributed by atoms with E-state index in [0.717, 1.165) is 52.3 Å². The molecule has 0 unspecified atom stereocenters. The Bertz CT molecular complexity index is 1890. The molecule has 39 heavy (non-hydrogen) atoms. The van der Waals surface area contributed by atoms with Crippen molar-refractivity contribution in [2.45, 2.75) is 18.9 Å². The van der Waals surface area contributed by atoms with Gasteiger partial charge in [0.15, 0.2) is 4.80 Å². The maximum atomic E-state index is 13.8. The number of hydrogen-bond donors (Lipinski definition) is 1. The van der Waals surface area contributed by atoms with E-state index < -0.39 is 44.4 Å². The van der Waals surface area contributed by atoms with Crippen molar-refractivity contribution in [3.05, 3.63) is 134 Å². The van der Waals surface area contributed by atoms with Gasteiger partial charge in [0.1, 0.15) is 5.82 Å². The highest BCUT2D eigenvalue weighted by atomic mass is 32.1. The summed E-state index contributed by atoms with van der Waals surface area (Å²) in [5, 5.41) is 32.8. The summed E-state index contributed by atoms with van der Waals surface area (Å²) in [5.74, 6) is -1.48. The van der Waals surface area contributed by atoms with E-state index in [4.69, 9.17) is 4.99 Å². The molecule has 12 heteroatoms. The minimum atomic E-state index is -1.06. The minimum absolute atomic E-state index is 0.00361. The van der Waals surface area contributed by atoms with Gasteiger partial charge in [-0.1, -0.05) is 47.7 Å². The van der Waals surface area contributed by atoms with Crippen molar-refractivity contribution >= 4 is 34.5 Å². The number of aromatic hydroxyl groups is 1. The second-order valence-electron chi connectivity index (χ2n) is 9.09. The zero-order chi connectivity index (χ0) is 27.4. The van der Waals surface area contributed by atoms with Crippen LogP contribution in [0.5, 0.6) is 5.75 Å². The lowest BCUT2D eigenvalue weighted by Crippen LogP contribution is -2.38. The molecule has 1 aliphatic heterocycles. The van der Waals surface area contributed by atoms with Gasteiger partial charge in [-0.15, -0.1) is 0 Å². The first-order chi connectivity index (χ1) is 18.7. The van der Waals surface area contributed by atoms with Gasteiger partial charge in [-0.05, 0) is 53.3 Å². The third kappa shape index (κ3) is 4.01. The molecule has 0 bridgehead atoms. The summed E-state index contributed by atoms with van der Waals surface area (Å²) in [4.78, 5) is 39.9. The van der Waals surface area contributed by atoms with Crippen LogP contribution in [0, 0.1) is 26.0 Å². The normalized spacial score (nSPS) is 16.2. The van der Waals surface area contributed by atoms with Crippen molar-refractivity contribution in [2.75, 3.05) is 0 Å². The van der Waals surface area contributed by atoms with Gasteiger partial charge >= 0.3 is 11.4 Å². The lowest BCUT2D eigenvalue weighted by atomic mass is 9.83. The number of nitro benzene ring substituents is 2. The monoisotopic (exact) mass is 544 g/mol. The van der Waals surface area contributed by atoms with Crippen LogP contribution >= 0.6 is 11.3 Å². The number of nitrogens with zero attached hydrogens (tertiary/aromatic N) is 4. The molecule has 6 rings (SSSR count). The summed E-state index contributed by atoms with van der Waals surface area (Å²) in [6.45, 7) is 0. The highest BCUT2D eigenvalue weighted by molar-refractivity contribution is 7.07. The van der Waals surface area contributed by atoms with E-state index in [1.165, 1.54) is 22.8 Å². The maximum absolute atomic E-state index is 13.8. The Hall–Kier alpha value is -4.97. The summed E-state index contributed by atoms with van der Waals surface area (Å²) >= 11 is 1.04. The third-order valence-corrected chi connectivity index (χ3v) is 7.82. The molecule has 3 aromatic carbocycles. The maximum Gasteiger partial charge on any atom is 0.318 e. The number of phenolic OH excluding ortho intramolecular Hbond substituents is 1. The Morgan fingerprint density at radius 2 is 1.69 bits per heavy atom. The smallest absolute Gasteiger partial charge is 0.318 e. The molecule has 1 aliphatic carbocycles. The van der Waals surface area contributed by atoms with Crippen LogP contribution in [-0.4, -0.2) is 19.5 Å². The van der Waals surface area contributed by atoms with Crippen LogP contribution in [0.3, 0.4) is 0 Å². The number of halogens is 1. The number of aromatic nitrogens is 1. The van der Waals surface area contributed by atoms with Crippen LogP contribution in [0.2, 0.25) is 0 Å². The average Bonchev–Trinajstić information content (AvgIpc) is 3.22. The summed E-state index contributed by atoms with van der Waals surface area (Å²) in [7, 11) is 0. The molecule has 4 aromatic rings. The Morgan fingerprint density at radius 3 is 2.36 bits per heavy atom. The molecule has 2 heterocycles. The molecule has 0 fully saturated rings. The predicted molar refractivity (Wildman–Crippen MR) is 141 cm³/mol. The summed E-state index contributed by atoms with van der Waals surface area (Å²) in [5.41, 5.74) is 2.29. The number of phenols is 1. The molecule has 0 radical (unpaired) electrons. The third-order valence-electron chi connectivity index (χ3n) is 6.84. The van der Waals surface area contributed by atoms with Gasteiger partial charge in [0.25, 0.3) is 11.3 Å². The molecule has 0 saturated heterocycles. The van der Waals surface area contributed by atoms with Crippen molar-refractivity contribution in [1.29, 1.82) is 0 Å². The fourth-order valence-corrected chi connectivity index (χ4v) is 6.11. The van der Waals surface area contributed by atoms with Gasteiger partial charge in [0, 0.05) is 17.7 Å². The highest BCUT2D eigenvalue weighted by Gasteiger charge is 2.33. The van der Waals surface area contributed by atoms with E-state index in [-0.39, 0.29) is 10.1 Å². The predicted octanol–water partition coefficient (Wildman–Crippen LogP) is 3.98. The molecule has 0 amide bonds. The van der Waals surface area contributed by atoms with E-state index in [1.807, 2.05) is 24.3 Å². The van der Waals surface area contributed by atoms with E-state index in [9.17, 15) is 34.5 Å². The number of allylic oxidation sites excluding steroid dienone is 1. The van der Waals surface area contributed by atoms with E-state index >= 15 is 0 Å². The topological polar surface area (TPSA) is 141 Å². The molecule has 0 spiro atoms. The number of nitro groups is 2. The lowest BCUT2D eigenvalue weighted by molar-refractivity contribution is -0.396. The lowest BCUT2D eigenvalue weighted by Gasteiger charge is -2.30. The molecular weight excluding hydrogens is 527 g/mol. The molecule has 2 aliphatic rings. The SMILES string of the molecule is O=c1/c(=C/c2cc([N+](=O)[O-])c(O)c([N+](=O)[O-])c2)sc2n1[C@@H](c1ccc(F)cc1)C1=C(N=2)c2ccccc2CC1. The summed E-state index contributed by atoms with van der Waals surface area (Å²) < 4.78 is 15.5. The van der Waals surface area contributed by atoms with Crippen molar-refractivity contribution in [3.63, 3.8) is 0 Å². The molecular formula is C27H17FN4O6S. The van der Waals surface area contributed by atoms with Gasteiger partial charge in [-0.3, -0.25) is 29.6 Å². The van der Waals surface area contributed by atoms with Gasteiger partial charge < -0.3 is 5.11 Å². The van der Waals surface area contributed by atoms with Crippen LogP contribution in [0.4, 0.5) is 15.8 Å². The number of hydrogen-bond acceptors (Lipinski definition) is 8. The van der Waals surface area contributed by atoms with Crippen LogP contribution in [0.1, 0.15) is 34.7 Å². The highest BCUT2D eigenvalue weighted by Crippen LogP contribution is 2.41. The van der Waals surface area contributed by atoms with Crippen molar-refractivity contribution in [3.8, 4) is 5.75 Å². The summed E-state index contributed by atoms with van der Waals surface area (Å²) in [6, 6.07) is 15.2. The fourth-order valence-electron chi connectivity index (χ4n) is 5.11. The first kappa shape index (κ1) is 24.4. The zero-order valence-corrected chi connectivity index (χ0v) is 20.7. The number of rotatable bonds is 4. The van der Waals surface area contributed by atoms with E-state index in [0.29, 0.717) is 16.8 Å². The van der Waals surface area contributed by atoms with Crippen molar-refractivity contribution < 1.29 is 19.3 Å². The molecule has 0 saturated carbocycles. The summed E-state index contributed by atoms with van der Waals surface area (Å²) in [6.07, 6.45) is 2.69. The fraction of sp³-hybridized carbons (Fsp3) is 0.111. The Kier molecular flexibility index (Phi) is 5.69. The largest absolute Gasteiger partial charge is 0.497 e. The second kappa shape index (κ2) is 9.10. The van der Waals surface area contributed by atoms with Gasteiger partial charge in [-0.2, -0.15) is 0 Å². The zero-order valence-electron chi connectivity index (χ0n) is 19.9. The van der Waals surface area contributed by atoms with Gasteiger partial charge in [0.05, 0.1) is 26.1 Å². The van der Waals surface area contributed by atoms with E-state index in [2.05, 4.69) is 0 Å². The van der Waals surface area contributed by atoms with Crippen LogP contribution in [0.15, 0.2) is 76.0 Å². The van der Waals surface area contributed by atoms with E-state index in [1.54, 1.807) is 12.1 Å². The van der Waals surface area contributed by atoms with Crippen LogP contribution in [-0.2, 0) is 6.42 Å².